The Bertz CT molecular complexity index is 224. The van der Waals surface area contributed by atoms with Crippen molar-refractivity contribution in [1.82, 2.24) is 4.98 Å². The highest BCUT2D eigenvalue weighted by molar-refractivity contribution is 7.15. The lowest BCUT2D eigenvalue weighted by Crippen LogP contribution is -2.14. The number of hydrogen-bond acceptors (Lipinski definition) is 4. The van der Waals surface area contributed by atoms with Gasteiger partial charge >= 0.3 is 0 Å². The second-order valence-electron chi connectivity index (χ2n) is 2.28. The van der Waals surface area contributed by atoms with E-state index in [9.17, 15) is 0 Å². The Labute approximate surface area is 70.3 Å². The van der Waals surface area contributed by atoms with Crippen LogP contribution in [0.1, 0.15) is 11.8 Å². The first-order valence-electron chi connectivity index (χ1n) is 3.54. The van der Waals surface area contributed by atoms with Gasteiger partial charge in [-0.25, -0.2) is 4.98 Å². The van der Waals surface area contributed by atoms with Crippen LogP contribution in [0.2, 0.25) is 0 Å². The highest BCUT2D eigenvalue weighted by Crippen LogP contribution is 2.20. The van der Waals surface area contributed by atoms with Gasteiger partial charge in [-0.15, -0.1) is 0 Å². The summed E-state index contributed by atoms with van der Waals surface area (Å²) >= 11 is 1.53. The Balaban J connectivity index is 2.71. The van der Waals surface area contributed by atoms with Crippen molar-refractivity contribution >= 4 is 16.5 Å². The molecule has 1 N–H and O–H groups in total. The molecular weight excluding hydrogens is 160 g/mol. The van der Waals surface area contributed by atoms with Gasteiger partial charge in [-0.3, -0.25) is 0 Å². The molecule has 0 aliphatic carbocycles. The van der Waals surface area contributed by atoms with Gasteiger partial charge < -0.3 is 10.0 Å². The van der Waals surface area contributed by atoms with Crippen LogP contribution in [0.4, 0.5) is 5.13 Å². The third-order valence-electron chi connectivity index (χ3n) is 1.50. The fourth-order valence-corrected chi connectivity index (χ4v) is 1.48. The molecule has 0 unspecified atom stereocenters. The van der Waals surface area contributed by atoms with Crippen LogP contribution >= 0.6 is 11.3 Å². The molecule has 0 spiro atoms. The summed E-state index contributed by atoms with van der Waals surface area (Å²) in [6.45, 7) is 3.10. The minimum atomic E-state index is 0.0925. The predicted octanol–water partition coefficient (Wildman–Crippen LogP) is 1.09. The van der Waals surface area contributed by atoms with Gasteiger partial charge in [0.05, 0.1) is 11.5 Å². The summed E-state index contributed by atoms with van der Waals surface area (Å²) in [4.78, 5) is 7.10. The standard InChI is InChI=1S/C7H12N2OS/c1-3-9(2)7-8-4-6(5-10)11-7/h4,10H,3,5H2,1-2H3. The summed E-state index contributed by atoms with van der Waals surface area (Å²) in [5, 5.41) is 9.73. The van der Waals surface area contributed by atoms with Gasteiger partial charge in [0.25, 0.3) is 0 Å². The van der Waals surface area contributed by atoms with Crippen molar-refractivity contribution in [2.24, 2.45) is 0 Å². The molecule has 0 saturated carbocycles. The van der Waals surface area contributed by atoms with Crippen molar-refractivity contribution in [3.63, 3.8) is 0 Å². The molecule has 0 aliphatic rings. The van der Waals surface area contributed by atoms with Crippen molar-refractivity contribution in [3.8, 4) is 0 Å². The van der Waals surface area contributed by atoms with E-state index in [0.717, 1.165) is 16.6 Å². The van der Waals surface area contributed by atoms with Crippen molar-refractivity contribution in [3.05, 3.63) is 11.1 Å². The molecule has 1 aromatic heterocycles. The number of aromatic nitrogens is 1. The highest BCUT2D eigenvalue weighted by atomic mass is 32.1. The third-order valence-corrected chi connectivity index (χ3v) is 2.59. The van der Waals surface area contributed by atoms with E-state index in [2.05, 4.69) is 11.9 Å². The second-order valence-corrected chi connectivity index (χ2v) is 3.38. The van der Waals surface area contributed by atoms with E-state index in [1.54, 1.807) is 6.20 Å². The molecule has 0 saturated heterocycles. The number of aliphatic hydroxyl groups excluding tert-OH is 1. The normalized spacial score (nSPS) is 10.1. The lowest BCUT2D eigenvalue weighted by molar-refractivity contribution is 0.285. The molecule has 62 valence electrons. The van der Waals surface area contributed by atoms with Gasteiger partial charge in [0, 0.05) is 19.8 Å². The summed E-state index contributed by atoms with van der Waals surface area (Å²) in [6, 6.07) is 0. The maximum Gasteiger partial charge on any atom is 0.185 e. The topological polar surface area (TPSA) is 36.4 Å². The molecule has 0 radical (unpaired) electrons. The van der Waals surface area contributed by atoms with Crippen LogP contribution in [0.3, 0.4) is 0 Å². The molecule has 3 nitrogen and oxygen atoms in total. The van der Waals surface area contributed by atoms with Gasteiger partial charge in [0.2, 0.25) is 0 Å². The Morgan fingerprint density at radius 2 is 2.45 bits per heavy atom. The van der Waals surface area contributed by atoms with E-state index in [1.165, 1.54) is 11.3 Å². The Kier molecular flexibility index (Phi) is 2.84. The molecule has 1 rings (SSSR count). The Hall–Kier alpha value is -0.610. The smallest absolute Gasteiger partial charge is 0.185 e. The SMILES string of the molecule is CCN(C)c1ncc(CO)s1. The van der Waals surface area contributed by atoms with Crippen LogP contribution < -0.4 is 4.90 Å². The van der Waals surface area contributed by atoms with Gasteiger partial charge in [0.1, 0.15) is 0 Å². The Morgan fingerprint density at radius 3 is 2.91 bits per heavy atom. The van der Waals surface area contributed by atoms with Crippen LogP contribution in [0.25, 0.3) is 0 Å². The number of aliphatic hydroxyl groups is 1. The second kappa shape index (κ2) is 3.69. The molecule has 1 aromatic rings. The van der Waals surface area contributed by atoms with Gasteiger partial charge in [-0.05, 0) is 6.92 Å². The molecule has 1 heterocycles. The van der Waals surface area contributed by atoms with Crippen molar-refractivity contribution in [2.45, 2.75) is 13.5 Å². The fourth-order valence-electron chi connectivity index (χ4n) is 0.682. The average molecular weight is 172 g/mol. The third kappa shape index (κ3) is 1.91. The number of hydrogen-bond donors (Lipinski definition) is 1. The van der Waals surface area contributed by atoms with Crippen molar-refractivity contribution in [2.75, 3.05) is 18.5 Å². The van der Waals surface area contributed by atoms with Crippen molar-refractivity contribution in [1.29, 1.82) is 0 Å². The minimum absolute atomic E-state index is 0.0925. The molecule has 0 bridgehead atoms. The van der Waals surface area contributed by atoms with Gasteiger partial charge in [0.15, 0.2) is 5.13 Å². The quantitative estimate of drug-likeness (QED) is 0.741. The minimum Gasteiger partial charge on any atom is -0.391 e. The first kappa shape index (κ1) is 8.49. The molecule has 0 aliphatic heterocycles. The zero-order chi connectivity index (χ0) is 8.27. The van der Waals surface area contributed by atoms with E-state index in [4.69, 9.17) is 5.11 Å². The van der Waals surface area contributed by atoms with Crippen LogP contribution in [-0.2, 0) is 6.61 Å². The fraction of sp³-hybridized carbons (Fsp3) is 0.571. The first-order valence-corrected chi connectivity index (χ1v) is 4.36. The van der Waals surface area contributed by atoms with Gasteiger partial charge in [-0.2, -0.15) is 0 Å². The van der Waals surface area contributed by atoms with Crippen molar-refractivity contribution < 1.29 is 5.11 Å². The first-order chi connectivity index (χ1) is 5.27. The number of thiazole rings is 1. The van der Waals surface area contributed by atoms with Crippen LogP contribution in [0.5, 0.6) is 0 Å². The van der Waals surface area contributed by atoms with E-state index in [0.29, 0.717) is 0 Å². The molecule has 0 aromatic carbocycles. The highest BCUT2D eigenvalue weighted by Gasteiger charge is 2.03. The zero-order valence-corrected chi connectivity index (χ0v) is 7.56. The van der Waals surface area contributed by atoms with E-state index in [-0.39, 0.29) is 6.61 Å². The summed E-state index contributed by atoms with van der Waals surface area (Å²) in [5.41, 5.74) is 0. The predicted molar refractivity (Wildman–Crippen MR) is 47.0 cm³/mol. The van der Waals surface area contributed by atoms with E-state index < -0.39 is 0 Å². The van der Waals surface area contributed by atoms with Gasteiger partial charge in [-0.1, -0.05) is 11.3 Å². The Morgan fingerprint density at radius 1 is 1.73 bits per heavy atom. The number of rotatable bonds is 3. The molecule has 0 atom stereocenters. The lowest BCUT2D eigenvalue weighted by atomic mass is 10.6. The summed E-state index contributed by atoms with van der Waals surface area (Å²) in [6.07, 6.45) is 1.71. The van der Waals surface area contributed by atoms with E-state index >= 15 is 0 Å². The van der Waals surface area contributed by atoms with Crippen LogP contribution in [0, 0.1) is 0 Å². The molecule has 11 heavy (non-hydrogen) atoms. The molecule has 0 amide bonds. The monoisotopic (exact) mass is 172 g/mol. The average Bonchev–Trinajstić information content (AvgIpc) is 2.50. The summed E-state index contributed by atoms with van der Waals surface area (Å²) in [7, 11) is 1.99. The summed E-state index contributed by atoms with van der Waals surface area (Å²) in [5.74, 6) is 0. The molecule has 0 fully saturated rings. The largest absolute Gasteiger partial charge is 0.391 e. The maximum atomic E-state index is 8.76. The summed E-state index contributed by atoms with van der Waals surface area (Å²) < 4.78 is 0. The number of nitrogens with zero attached hydrogens (tertiary/aromatic N) is 2. The molecule has 4 heteroatoms. The van der Waals surface area contributed by atoms with Crippen LogP contribution in [-0.4, -0.2) is 23.7 Å². The molecular formula is C7H12N2OS. The lowest BCUT2D eigenvalue weighted by Gasteiger charge is -2.10. The maximum absolute atomic E-state index is 8.76. The van der Waals surface area contributed by atoms with E-state index in [1.807, 2.05) is 11.9 Å². The zero-order valence-electron chi connectivity index (χ0n) is 6.74. The van der Waals surface area contributed by atoms with Crippen LogP contribution in [0.15, 0.2) is 6.20 Å². The number of anilines is 1.